The van der Waals surface area contributed by atoms with E-state index in [0.29, 0.717) is 26.2 Å². The van der Waals surface area contributed by atoms with Crippen molar-refractivity contribution < 1.29 is 18.0 Å². The summed E-state index contributed by atoms with van der Waals surface area (Å²) < 4.78 is 39.6. The Hall–Kier alpha value is -3.17. The van der Waals surface area contributed by atoms with Crippen LogP contribution in [0.15, 0.2) is 42.9 Å². The number of hydrogen-bond acceptors (Lipinski definition) is 5. The molecule has 1 fully saturated rings. The molecule has 0 saturated carbocycles. The minimum absolute atomic E-state index is 0.0502. The third-order valence-electron chi connectivity index (χ3n) is 5.03. The van der Waals surface area contributed by atoms with Crippen LogP contribution in [0, 0.1) is 0 Å². The monoisotopic (exact) mass is 404 g/mol. The summed E-state index contributed by atoms with van der Waals surface area (Å²) in [6, 6.07) is 7.21. The second kappa shape index (κ2) is 7.34. The van der Waals surface area contributed by atoms with Gasteiger partial charge in [-0.25, -0.2) is 9.97 Å². The first-order valence-electron chi connectivity index (χ1n) is 9.20. The van der Waals surface area contributed by atoms with E-state index in [1.54, 1.807) is 21.4 Å². The number of rotatable bonds is 3. The summed E-state index contributed by atoms with van der Waals surface area (Å²) in [5.74, 6) is 0.183. The number of carbonyl (C=O) groups excluding carboxylic acids is 1. The summed E-state index contributed by atoms with van der Waals surface area (Å²) in [6.45, 7) is 3.58. The van der Waals surface area contributed by atoms with E-state index < -0.39 is 17.8 Å². The fraction of sp³-hybridized carbons (Fsp3) is 0.368. The third kappa shape index (κ3) is 3.87. The summed E-state index contributed by atoms with van der Waals surface area (Å²) in [5, 5.41) is 5.43. The molecule has 1 aromatic carbocycles. The average Bonchev–Trinajstić information content (AvgIpc) is 3.16. The maximum absolute atomic E-state index is 12.9. The fourth-order valence-electron chi connectivity index (χ4n) is 3.32. The number of aromatic nitrogens is 4. The molecule has 0 aliphatic carbocycles. The van der Waals surface area contributed by atoms with Gasteiger partial charge in [0.2, 0.25) is 11.9 Å². The van der Waals surface area contributed by atoms with Gasteiger partial charge in [-0.05, 0) is 13.0 Å². The van der Waals surface area contributed by atoms with Gasteiger partial charge in [0.15, 0.2) is 0 Å². The van der Waals surface area contributed by atoms with Crippen LogP contribution in [0.3, 0.4) is 0 Å². The van der Waals surface area contributed by atoms with E-state index in [1.807, 2.05) is 30.5 Å². The Kier molecular flexibility index (Phi) is 4.85. The predicted molar refractivity (Wildman–Crippen MR) is 100 cm³/mol. The zero-order valence-electron chi connectivity index (χ0n) is 15.7. The van der Waals surface area contributed by atoms with Crippen molar-refractivity contribution in [2.75, 3.05) is 31.1 Å². The normalized spacial score (nSPS) is 16.3. The van der Waals surface area contributed by atoms with Gasteiger partial charge in [-0.1, -0.05) is 18.2 Å². The van der Waals surface area contributed by atoms with E-state index in [0.717, 1.165) is 23.3 Å². The number of hydrogen-bond donors (Lipinski definition) is 0. The van der Waals surface area contributed by atoms with Gasteiger partial charge in [-0.3, -0.25) is 9.48 Å². The van der Waals surface area contributed by atoms with Crippen molar-refractivity contribution in [1.29, 1.82) is 0 Å². The van der Waals surface area contributed by atoms with Crippen LogP contribution in [0.25, 0.3) is 10.9 Å². The average molecular weight is 404 g/mol. The van der Waals surface area contributed by atoms with Crippen molar-refractivity contribution in [3.8, 4) is 0 Å². The second-order valence-corrected chi connectivity index (χ2v) is 6.93. The summed E-state index contributed by atoms with van der Waals surface area (Å²) in [6.07, 6.45) is -1.05. The SMILES string of the molecule is CC(C(=O)N1CCN(c2ncc(C(F)(F)F)cn2)CC1)n1cc2ccccc2n1. The summed E-state index contributed by atoms with van der Waals surface area (Å²) >= 11 is 0. The highest BCUT2D eigenvalue weighted by Gasteiger charge is 2.32. The molecule has 1 aliphatic rings. The smallest absolute Gasteiger partial charge is 0.337 e. The number of anilines is 1. The topological polar surface area (TPSA) is 67.2 Å². The summed E-state index contributed by atoms with van der Waals surface area (Å²) in [5.41, 5.74) is -0.0491. The number of amides is 1. The molecule has 1 amide bonds. The van der Waals surface area contributed by atoms with E-state index in [9.17, 15) is 18.0 Å². The lowest BCUT2D eigenvalue weighted by atomic mass is 10.2. The number of benzene rings is 1. The third-order valence-corrected chi connectivity index (χ3v) is 5.03. The quantitative estimate of drug-likeness (QED) is 0.672. The van der Waals surface area contributed by atoms with E-state index in [-0.39, 0.29) is 11.9 Å². The Bertz CT molecular complexity index is 976. The van der Waals surface area contributed by atoms with E-state index >= 15 is 0 Å². The molecule has 1 unspecified atom stereocenters. The molecule has 152 valence electrons. The Morgan fingerprint density at radius 3 is 2.34 bits per heavy atom. The van der Waals surface area contributed by atoms with Crippen LogP contribution in [0.1, 0.15) is 18.5 Å². The maximum Gasteiger partial charge on any atom is 0.419 e. The van der Waals surface area contributed by atoms with Crippen molar-refractivity contribution in [2.24, 2.45) is 0 Å². The number of nitrogens with zero attached hydrogens (tertiary/aromatic N) is 6. The first-order chi connectivity index (χ1) is 13.8. The number of carbonyl (C=O) groups is 1. The molecule has 0 N–H and O–H groups in total. The highest BCUT2D eigenvalue weighted by atomic mass is 19.4. The summed E-state index contributed by atoms with van der Waals surface area (Å²) in [7, 11) is 0. The van der Waals surface area contributed by atoms with Crippen molar-refractivity contribution in [1.82, 2.24) is 24.6 Å². The zero-order chi connectivity index (χ0) is 20.6. The fourth-order valence-corrected chi connectivity index (χ4v) is 3.32. The molecule has 7 nitrogen and oxygen atoms in total. The van der Waals surface area contributed by atoms with Gasteiger partial charge in [0.25, 0.3) is 0 Å². The van der Waals surface area contributed by atoms with Gasteiger partial charge in [-0.15, -0.1) is 0 Å². The molecule has 0 radical (unpaired) electrons. The molecule has 1 aliphatic heterocycles. The first kappa shape index (κ1) is 19.2. The van der Waals surface area contributed by atoms with Crippen molar-refractivity contribution in [2.45, 2.75) is 19.1 Å². The molecule has 0 bridgehead atoms. The Morgan fingerprint density at radius 2 is 1.72 bits per heavy atom. The molecule has 4 rings (SSSR count). The lowest BCUT2D eigenvalue weighted by Crippen LogP contribution is -2.50. The van der Waals surface area contributed by atoms with E-state index in [4.69, 9.17) is 0 Å². The van der Waals surface area contributed by atoms with E-state index in [2.05, 4.69) is 15.1 Å². The van der Waals surface area contributed by atoms with Crippen LogP contribution < -0.4 is 4.90 Å². The van der Waals surface area contributed by atoms with Crippen LogP contribution >= 0.6 is 0 Å². The van der Waals surface area contributed by atoms with Gasteiger partial charge in [0.1, 0.15) is 6.04 Å². The second-order valence-electron chi connectivity index (χ2n) is 6.93. The Labute approximate surface area is 164 Å². The number of alkyl halides is 3. The Morgan fingerprint density at radius 1 is 1.07 bits per heavy atom. The standard InChI is InChI=1S/C19H19F3N6O/c1-13(28-12-14-4-2-3-5-16(14)25-28)17(29)26-6-8-27(9-7-26)18-23-10-15(11-24-18)19(20,21)22/h2-5,10-13H,6-9H2,1H3. The van der Waals surface area contributed by atoms with Crippen molar-refractivity contribution in [3.05, 3.63) is 48.4 Å². The molecular formula is C19H19F3N6O. The number of halogens is 3. The minimum atomic E-state index is -4.46. The highest BCUT2D eigenvalue weighted by molar-refractivity contribution is 5.82. The largest absolute Gasteiger partial charge is 0.419 e. The number of fused-ring (bicyclic) bond motifs is 1. The van der Waals surface area contributed by atoms with Gasteiger partial charge in [-0.2, -0.15) is 18.3 Å². The van der Waals surface area contributed by atoms with Crippen LogP contribution in [0.2, 0.25) is 0 Å². The molecule has 3 aromatic rings. The molecule has 3 heterocycles. The highest BCUT2D eigenvalue weighted by Crippen LogP contribution is 2.28. The molecule has 1 atom stereocenters. The molecular weight excluding hydrogens is 385 g/mol. The maximum atomic E-state index is 12.9. The molecule has 0 spiro atoms. The lowest BCUT2D eigenvalue weighted by Gasteiger charge is -2.35. The predicted octanol–water partition coefficient (Wildman–Crippen LogP) is 2.75. The molecule has 29 heavy (non-hydrogen) atoms. The van der Waals surface area contributed by atoms with Crippen molar-refractivity contribution in [3.63, 3.8) is 0 Å². The molecule has 2 aromatic heterocycles. The number of piperazine rings is 1. The van der Waals surface area contributed by atoms with Crippen LogP contribution in [-0.4, -0.2) is 56.7 Å². The lowest BCUT2D eigenvalue weighted by molar-refractivity contribution is -0.138. The van der Waals surface area contributed by atoms with E-state index in [1.165, 1.54) is 0 Å². The molecule has 1 saturated heterocycles. The zero-order valence-corrected chi connectivity index (χ0v) is 15.7. The van der Waals surface area contributed by atoms with Crippen molar-refractivity contribution >= 4 is 22.8 Å². The first-order valence-corrected chi connectivity index (χ1v) is 9.20. The van der Waals surface area contributed by atoms with Crippen LogP contribution in [0.4, 0.5) is 19.1 Å². The Balaban J connectivity index is 1.39. The van der Waals surface area contributed by atoms with Gasteiger partial charge in [0.05, 0.1) is 11.1 Å². The summed E-state index contributed by atoms with van der Waals surface area (Å²) in [4.78, 5) is 24.0. The van der Waals surface area contributed by atoms with Gasteiger partial charge < -0.3 is 9.80 Å². The minimum Gasteiger partial charge on any atom is -0.337 e. The van der Waals surface area contributed by atoms with Gasteiger partial charge in [0, 0.05) is 50.2 Å². The van der Waals surface area contributed by atoms with Gasteiger partial charge >= 0.3 is 6.18 Å². The van der Waals surface area contributed by atoms with Crippen LogP contribution in [0.5, 0.6) is 0 Å². The molecule has 10 heteroatoms. The van der Waals surface area contributed by atoms with Crippen LogP contribution in [-0.2, 0) is 11.0 Å².